The van der Waals surface area contributed by atoms with E-state index in [0.29, 0.717) is 10.6 Å². The van der Waals surface area contributed by atoms with E-state index < -0.39 is 17.7 Å². The lowest BCUT2D eigenvalue weighted by Gasteiger charge is -2.09. The van der Waals surface area contributed by atoms with E-state index in [1.54, 1.807) is 24.3 Å². The molecule has 0 bridgehead atoms. The average molecular weight is 308 g/mol. The number of carbonyl (C=O) groups is 2. The van der Waals surface area contributed by atoms with Gasteiger partial charge in [0.2, 0.25) is 5.91 Å². The smallest absolute Gasteiger partial charge is 0.337 e. The zero-order valence-electron chi connectivity index (χ0n) is 10.8. The molecule has 0 unspecified atom stereocenters. The van der Waals surface area contributed by atoms with Crippen LogP contribution in [0.5, 0.6) is 0 Å². The van der Waals surface area contributed by atoms with Crippen molar-refractivity contribution < 1.29 is 19.1 Å². The number of aromatic carboxylic acids is 1. The molecule has 21 heavy (non-hydrogen) atoms. The normalized spacial score (nSPS) is 10.2. The summed E-state index contributed by atoms with van der Waals surface area (Å²) < 4.78 is 13.2. The van der Waals surface area contributed by atoms with Crippen LogP contribution < -0.4 is 5.32 Å². The predicted molar refractivity (Wildman–Crippen MR) is 77.1 cm³/mol. The van der Waals surface area contributed by atoms with Gasteiger partial charge in [0.15, 0.2) is 0 Å². The van der Waals surface area contributed by atoms with Crippen molar-refractivity contribution in [2.75, 3.05) is 5.32 Å². The second kappa shape index (κ2) is 6.37. The Bertz CT molecular complexity index is 703. The van der Waals surface area contributed by atoms with Gasteiger partial charge in [-0.15, -0.1) is 0 Å². The van der Waals surface area contributed by atoms with Crippen molar-refractivity contribution in [2.24, 2.45) is 0 Å². The SMILES string of the molecule is O=C(Cc1cccc(Cl)c1)Nc1cc(F)ccc1C(=O)O. The Morgan fingerprint density at radius 1 is 1.19 bits per heavy atom. The van der Waals surface area contributed by atoms with Crippen LogP contribution in [0.15, 0.2) is 42.5 Å². The summed E-state index contributed by atoms with van der Waals surface area (Å²) in [5, 5.41) is 11.9. The topological polar surface area (TPSA) is 66.4 Å². The molecule has 0 aliphatic rings. The number of nitrogens with one attached hydrogen (secondary N) is 1. The third kappa shape index (κ3) is 4.03. The summed E-state index contributed by atoms with van der Waals surface area (Å²) in [6.07, 6.45) is 0.0101. The van der Waals surface area contributed by atoms with Gasteiger partial charge in [-0.05, 0) is 35.9 Å². The number of halogens is 2. The van der Waals surface area contributed by atoms with Crippen LogP contribution in [0.1, 0.15) is 15.9 Å². The molecule has 0 saturated carbocycles. The number of anilines is 1. The van der Waals surface area contributed by atoms with Gasteiger partial charge in [0.1, 0.15) is 5.82 Å². The second-order valence-corrected chi connectivity index (χ2v) is 4.79. The molecule has 2 rings (SSSR count). The first kappa shape index (κ1) is 15.0. The molecule has 0 aliphatic carbocycles. The Labute approximate surface area is 125 Å². The first-order chi connectivity index (χ1) is 9.95. The summed E-state index contributed by atoms with van der Waals surface area (Å²) in [6.45, 7) is 0. The number of carbonyl (C=O) groups excluding carboxylic acids is 1. The fraction of sp³-hybridized carbons (Fsp3) is 0.0667. The Hall–Kier alpha value is -2.40. The number of hydrogen-bond donors (Lipinski definition) is 2. The maximum atomic E-state index is 13.2. The predicted octanol–water partition coefficient (Wildman–Crippen LogP) is 3.36. The van der Waals surface area contributed by atoms with E-state index >= 15 is 0 Å². The van der Waals surface area contributed by atoms with E-state index in [4.69, 9.17) is 16.7 Å². The highest BCUT2D eigenvalue weighted by Crippen LogP contribution is 2.18. The lowest BCUT2D eigenvalue weighted by atomic mass is 10.1. The number of rotatable bonds is 4. The van der Waals surface area contributed by atoms with E-state index in [1.165, 1.54) is 0 Å². The summed E-state index contributed by atoms with van der Waals surface area (Å²) in [4.78, 5) is 22.9. The van der Waals surface area contributed by atoms with Gasteiger partial charge in [-0.3, -0.25) is 4.79 Å². The van der Waals surface area contributed by atoms with Gasteiger partial charge in [-0.1, -0.05) is 23.7 Å². The minimum Gasteiger partial charge on any atom is -0.478 e. The summed E-state index contributed by atoms with van der Waals surface area (Å²) in [5.41, 5.74) is 0.429. The van der Waals surface area contributed by atoms with Crippen LogP contribution >= 0.6 is 11.6 Å². The van der Waals surface area contributed by atoms with Crippen molar-refractivity contribution in [2.45, 2.75) is 6.42 Å². The average Bonchev–Trinajstić information content (AvgIpc) is 2.38. The maximum Gasteiger partial charge on any atom is 0.337 e. The summed E-state index contributed by atoms with van der Waals surface area (Å²) in [7, 11) is 0. The number of amides is 1. The first-order valence-electron chi connectivity index (χ1n) is 6.03. The van der Waals surface area contributed by atoms with Gasteiger partial charge in [0.25, 0.3) is 0 Å². The molecule has 2 aromatic carbocycles. The molecule has 2 aromatic rings. The van der Waals surface area contributed by atoms with Gasteiger partial charge < -0.3 is 10.4 Å². The van der Waals surface area contributed by atoms with Gasteiger partial charge in [0.05, 0.1) is 17.7 Å². The molecular formula is C15H11ClFNO3. The summed E-state index contributed by atoms with van der Waals surface area (Å²) in [5.74, 6) is -2.32. The fourth-order valence-electron chi connectivity index (χ4n) is 1.83. The van der Waals surface area contributed by atoms with E-state index in [9.17, 15) is 14.0 Å². The molecule has 0 aliphatic heterocycles. The molecule has 0 spiro atoms. The monoisotopic (exact) mass is 307 g/mol. The molecule has 0 radical (unpaired) electrons. The molecule has 0 heterocycles. The molecule has 0 atom stereocenters. The van der Waals surface area contributed by atoms with Gasteiger partial charge >= 0.3 is 5.97 Å². The van der Waals surface area contributed by atoms with Gasteiger partial charge in [-0.25, -0.2) is 9.18 Å². The lowest BCUT2D eigenvalue weighted by Crippen LogP contribution is -2.17. The Balaban J connectivity index is 2.16. The van der Waals surface area contributed by atoms with E-state index in [2.05, 4.69) is 5.32 Å². The third-order valence-electron chi connectivity index (χ3n) is 2.74. The number of benzene rings is 2. The highest BCUT2D eigenvalue weighted by atomic mass is 35.5. The third-order valence-corrected chi connectivity index (χ3v) is 2.97. The van der Waals surface area contributed by atoms with Crippen molar-refractivity contribution >= 4 is 29.2 Å². The van der Waals surface area contributed by atoms with Crippen LogP contribution in [-0.2, 0) is 11.2 Å². The zero-order chi connectivity index (χ0) is 15.4. The van der Waals surface area contributed by atoms with E-state index in [0.717, 1.165) is 18.2 Å². The Kier molecular flexibility index (Phi) is 4.55. The quantitative estimate of drug-likeness (QED) is 0.910. The minimum absolute atomic E-state index is 0.0101. The Morgan fingerprint density at radius 2 is 1.95 bits per heavy atom. The highest BCUT2D eigenvalue weighted by molar-refractivity contribution is 6.30. The minimum atomic E-state index is -1.24. The van der Waals surface area contributed by atoms with Crippen molar-refractivity contribution in [1.82, 2.24) is 0 Å². The molecule has 0 aromatic heterocycles. The Morgan fingerprint density at radius 3 is 2.62 bits per heavy atom. The molecule has 1 amide bonds. The van der Waals surface area contributed by atoms with Crippen LogP contribution in [0.4, 0.5) is 10.1 Å². The van der Waals surface area contributed by atoms with Crippen molar-refractivity contribution in [3.8, 4) is 0 Å². The van der Waals surface area contributed by atoms with E-state index in [-0.39, 0.29) is 17.7 Å². The summed E-state index contributed by atoms with van der Waals surface area (Å²) >= 11 is 5.82. The fourth-order valence-corrected chi connectivity index (χ4v) is 2.05. The lowest BCUT2D eigenvalue weighted by molar-refractivity contribution is -0.115. The standard InChI is InChI=1S/C15H11ClFNO3/c16-10-3-1-2-9(6-10)7-14(19)18-13-8-11(17)4-5-12(13)15(20)21/h1-6,8H,7H2,(H,18,19)(H,20,21). The van der Waals surface area contributed by atoms with Crippen LogP contribution in [0, 0.1) is 5.82 Å². The largest absolute Gasteiger partial charge is 0.478 e. The number of carboxylic acids is 1. The van der Waals surface area contributed by atoms with E-state index in [1.807, 2.05) is 0 Å². The van der Waals surface area contributed by atoms with Crippen LogP contribution in [-0.4, -0.2) is 17.0 Å². The summed E-state index contributed by atoms with van der Waals surface area (Å²) in [6, 6.07) is 9.83. The maximum absolute atomic E-state index is 13.2. The molecule has 108 valence electrons. The molecule has 2 N–H and O–H groups in total. The molecular weight excluding hydrogens is 297 g/mol. The molecule has 6 heteroatoms. The van der Waals surface area contributed by atoms with Crippen molar-refractivity contribution in [3.63, 3.8) is 0 Å². The van der Waals surface area contributed by atoms with Crippen molar-refractivity contribution in [3.05, 3.63) is 64.4 Å². The van der Waals surface area contributed by atoms with Crippen LogP contribution in [0.2, 0.25) is 5.02 Å². The number of carboxylic acid groups (broad SMARTS) is 1. The number of hydrogen-bond acceptors (Lipinski definition) is 2. The van der Waals surface area contributed by atoms with Crippen LogP contribution in [0.3, 0.4) is 0 Å². The molecule has 0 saturated heterocycles. The first-order valence-corrected chi connectivity index (χ1v) is 6.40. The van der Waals surface area contributed by atoms with Crippen LogP contribution in [0.25, 0.3) is 0 Å². The molecule has 4 nitrogen and oxygen atoms in total. The second-order valence-electron chi connectivity index (χ2n) is 4.35. The van der Waals surface area contributed by atoms with Gasteiger partial charge in [-0.2, -0.15) is 0 Å². The zero-order valence-corrected chi connectivity index (χ0v) is 11.5. The van der Waals surface area contributed by atoms with Crippen molar-refractivity contribution in [1.29, 1.82) is 0 Å². The molecule has 0 fully saturated rings. The van der Waals surface area contributed by atoms with Gasteiger partial charge in [0, 0.05) is 5.02 Å². The highest BCUT2D eigenvalue weighted by Gasteiger charge is 2.13.